The largest absolute Gasteiger partial charge is 0.311 e. The molecule has 54 valence electrons. The molecular weight excluding hydrogens is 110 g/mol. The monoisotopic (exact) mass is 127 g/mol. The van der Waals surface area contributed by atoms with Crippen molar-refractivity contribution >= 4 is 0 Å². The van der Waals surface area contributed by atoms with E-state index in [-0.39, 0.29) is 0 Å². The fourth-order valence-electron chi connectivity index (χ4n) is 1.49. The van der Waals surface area contributed by atoms with Gasteiger partial charge in [0.2, 0.25) is 0 Å². The highest BCUT2D eigenvalue weighted by Gasteiger charge is 2.21. The van der Waals surface area contributed by atoms with Gasteiger partial charge in [0.15, 0.2) is 0 Å². The molecule has 1 saturated heterocycles. The normalized spacial score (nSPS) is 36.0. The maximum atomic E-state index is 3.55. The van der Waals surface area contributed by atoms with E-state index in [0.29, 0.717) is 0 Å². The van der Waals surface area contributed by atoms with Gasteiger partial charge in [0.25, 0.3) is 0 Å². The number of hydrogen-bond donors (Lipinski definition) is 1. The van der Waals surface area contributed by atoms with Gasteiger partial charge in [-0.15, -0.1) is 0 Å². The molecule has 0 aromatic carbocycles. The van der Waals surface area contributed by atoms with Crippen LogP contribution in [0.25, 0.3) is 0 Å². The summed E-state index contributed by atoms with van der Waals surface area (Å²) in [6.07, 6.45) is 2.74. The van der Waals surface area contributed by atoms with Gasteiger partial charge in [-0.3, -0.25) is 0 Å². The van der Waals surface area contributed by atoms with Crippen molar-refractivity contribution in [3.05, 3.63) is 0 Å². The van der Waals surface area contributed by atoms with Crippen molar-refractivity contribution in [2.24, 2.45) is 5.92 Å². The van der Waals surface area contributed by atoms with Crippen LogP contribution in [-0.4, -0.2) is 12.1 Å². The van der Waals surface area contributed by atoms with Gasteiger partial charge in [0, 0.05) is 12.1 Å². The first-order valence-electron chi connectivity index (χ1n) is 3.96. The van der Waals surface area contributed by atoms with E-state index in [9.17, 15) is 0 Å². The minimum Gasteiger partial charge on any atom is -0.311 e. The van der Waals surface area contributed by atoms with Crippen molar-refractivity contribution in [3.63, 3.8) is 0 Å². The van der Waals surface area contributed by atoms with E-state index in [2.05, 4.69) is 26.1 Å². The Morgan fingerprint density at radius 2 is 2.00 bits per heavy atom. The van der Waals surface area contributed by atoms with Crippen LogP contribution in [0.2, 0.25) is 0 Å². The molecule has 1 heterocycles. The van der Waals surface area contributed by atoms with Gasteiger partial charge < -0.3 is 5.32 Å². The summed E-state index contributed by atoms with van der Waals surface area (Å²) in [7, 11) is 0. The Morgan fingerprint density at radius 3 is 2.22 bits per heavy atom. The highest BCUT2D eigenvalue weighted by atomic mass is 15.0. The minimum atomic E-state index is 0.761. The molecule has 0 aliphatic carbocycles. The number of hydrogen-bond acceptors (Lipinski definition) is 1. The van der Waals surface area contributed by atoms with Crippen molar-refractivity contribution in [3.8, 4) is 0 Å². The smallest absolute Gasteiger partial charge is 0.00931 e. The lowest BCUT2D eigenvalue weighted by atomic mass is 10.0. The van der Waals surface area contributed by atoms with E-state index in [1.54, 1.807) is 0 Å². The molecule has 9 heavy (non-hydrogen) atoms. The van der Waals surface area contributed by atoms with Crippen molar-refractivity contribution < 1.29 is 0 Å². The van der Waals surface area contributed by atoms with Crippen LogP contribution in [0.15, 0.2) is 0 Å². The quantitative estimate of drug-likeness (QED) is 0.566. The average molecular weight is 127 g/mol. The van der Waals surface area contributed by atoms with Gasteiger partial charge in [-0.2, -0.15) is 0 Å². The Hall–Kier alpha value is -0.0400. The zero-order valence-electron chi connectivity index (χ0n) is 6.65. The second kappa shape index (κ2) is 2.70. The molecule has 0 radical (unpaired) electrons. The van der Waals surface area contributed by atoms with Crippen molar-refractivity contribution in [2.45, 2.75) is 45.7 Å². The van der Waals surface area contributed by atoms with E-state index < -0.39 is 0 Å². The molecule has 2 unspecified atom stereocenters. The van der Waals surface area contributed by atoms with Crippen molar-refractivity contribution in [2.75, 3.05) is 0 Å². The molecule has 0 bridgehead atoms. The Labute approximate surface area is 57.8 Å². The Bertz CT molecular complexity index is 88.6. The topological polar surface area (TPSA) is 12.0 Å². The molecule has 1 rings (SSSR count). The summed E-state index contributed by atoms with van der Waals surface area (Å²) in [5.74, 6) is 0.815. The third kappa shape index (κ3) is 1.68. The zero-order valence-corrected chi connectivity index (χ0v) is 6.65. The molecule has 1 aliphatic heterocycles. The lowest BCUT2D eigenvalue weighted by molar-refractivity contribution is 0.436. The van der Waals surface area contributed by atoms with Gasteiger partial charge in [0.05, 0.1) is 0 Å². The molecule has 1 N–H and O–H groups in total. The maximum Gasteiger partial charge on any atom is 0.00931 e. The molecule has 1 nitrogen and oxygen atoms in total. The molecule has 1 aliphatic rings. The van der Waals surface area contributed by atoms with E-state index in [1.807, 2.05) is 0 Å². The first kappa shape index (κ1) is 7.07. The summed E-state index contributed by atoms with van der Waals surface area (Å²) in [6.45, 7) is 6.84. The van der Waals surface area contributed by atoms with Gasteiger partial charge in [-0.25, -0.2) is 0 Å². The summed E-state index contributed by atoms with van der Waals surface area (Å²) in [5, 5.41) is 3.55. The summed E-state index contributed by atoms with van der Waals surface area (Å²) in [6, 6.07) is 1.55. The van der Waals surface area contributed by atoms with E-state index >= 15 is 0 Å². The first-order valence-corrected chi connectivity index (χ1v) is 3.96. The lowest BCUT2D eigenvalue weighted by Gasteiger charge is -2.14. The fraction of sp³-hybridized carbons (Fsp3) is 1.00. The van der Waals surface area contributed by atoms with Crippen molar-refractivity contribution in [1.82, 2.24) is 5.32 Å². The molecule has 1 fully saturated rings. The molecule has 0 aromatic rings. The highest BCUT2D eigenvalue weighted by Crippen LogP contribution is 2.17. The predicted molar refractivity (Wildman–Crippen MR) is 40.5 cm³/mol. The van der Waals surface area contributed by atoms with Crippen molar-refractivity contribution in [1.29, 1.82) is 0 Å². The molecular formula is C8H17N. The second-order valence-corrected chi connectivity index (χ2v) is 3.50. The standard InChI is InChI=1S/C8H17N/c1-6(2)8-5-4-7(3)9-8/h6-9H,4-5H2,1-3H3. The van der Waals surface area contributed by atoms with Crippen LogP contribution in [0.3, 0.4) is 0 Å². The van der Waals surface area contributed by atoms with E-state index in [4.69, 9.17) is 0 Å². The van der Waals surface area contributed by atoms with Gasteiger partial charge in [0.1, 0.15) is 0 Å². The molecule has 0 aromatic heterocycles. The molecule has 0 amide bonds. The van der Waals surface area contributed by atoms with Crippen LogP contribution in [-0.2, 0) is 0 Å². The number of rotatable bonds is 1. The van der Waals surface area contributed by atoms with Gasteiger partial charge in [-0.05, 0) is 25.7 Å². The van der Waals surface area contributed by atoms with Crippen LogP contribution in [0, 0.1) is 5.92 Å². The van der Waals surface area contributed by atoms with E-state index in [0.717, 1.165) is 18.0 Å². The maximum absolute atomic E-state index is 3.55. The summed E-state index contributed by atoms with van der Waals surface area (Å²) >= 11 is 0. The molecule has 0 spiro atoms. The third-order valence-corrected chi connectivity index (χ3v) is 2.21. The third-order valence-electron chi connectivity index (χ3n) is 2.21. The fourth-order valence-corrected chi connectivity index (χ4v) is 1.49. The van der Waals surface area contributed by atoms with Crippen LogP contribution < -0.4 is 5.32 Å². The van der Waals surface area contributed by atoms with Gasteiger partial charge in [-0.1, -0.05) is 13.8 Å². The SMILES string of the molecule is CC1CCC(C(C)C)N1. The lowest BCUT2D eigenvalue weighted by Crippen LogP contribution is -2.31. The highest BCUT2D eigenvalue weighted by molar-refractivity contribution is 4.82. The van der Waals surface area contributed by atoms with Crippen LogP contribution in [0.4, 0.5) is 0 Å². The van der Waals surface area contributed by atoms with Gasteiger partial charge >= 0.3 is 0 Å². The minimum absolute atomic E-state index is 0.761. The summed E-state index contributed by atoms with van der Waals surface area (Å²) in [4.78, 5) is 0. The first-order chi connectivity index (χ1) is 4.20. The van der Waals surface area contributed by atoms with Crippen LogP contribution in [0.1, 0.15) is 33.6 Å². The number of nitrogens with one attached hydrogen (secondary N) is 1. The molecule has 2 atom stereocenters. The predicted octanol–water partition coefficient (Wildman–Crippen LogP) is 1.78. The van der Waals surface area contributed by atoms with E-state index in [1.165, 1.54) is 12.8 Å². The molecule has 1 heteroatoms. The Balaban J connectivity index is 2.30. The Morgan fingerprint density at radius 1 is 1.33 bits per heavy atom. The van der Waals surface area contributed by atoms with Crippen LogP contribution >= 0.6 is 0 Å². The zero-order chi connectivity index (χ0) is 6.85. The van der Waals surface area contributed by atoms with Crippen LogP contribution in [0.5, 0.6) is 0 Å². The second-order valence-electron chi connectivity index (χ2n) is 3.50. The average Bonchev–Trinajstić information content (AvgIpc) is 2.14. The molecule has 0 saturated carbocycles. The summed E-state index contributed by atoms with van der Waals surface area (Å²) < 4.78 is 0. The summed E-state index contributed by atoms with van der Waals surface area (Å²) in [5.41, 5.74) is 0. The Kier molecular flexibility index (Phi) is 2.12.